The lowest BCUT2D eigenvalue weighted by atomic mass is 10.1. The smallest absolute Gasteiger partial charge is 0.221 e. The van der Waals surface area contributed by atoms with Gasteiger partial charge in [-0.15, -0.1) is 0 Å². The summed E-state index contributed by atoms with van der Waals surface area (Å²) >= 11 is 0. The molecule has 1 N–H and O–H groups in total. The van der Waals surface area contributed by atoms with E-state index < -0.39 is 0 Å². The van der Waals surface area contributed by atoms with Gasteiger partial charge in [-0.1, -0.05) is 0 Å². The minimum atomic E-state index is -0.170. The first-order valence-corrected chi connectivity index (χ1v) is 4.50. The number of aldehydes is 1. The molecule has 0 fully saturated rings. The summed E-state index contributed by atoms with van der Waals surface area (Å²) in [5, 5.41) is 2.62. The molecule has 0 bridgehead atoms. The number of anilines is 1. The number of amides is 1. The molecule has 4 heteroatoms. The Morgan fingerprint density at radius 2 is 2.13 bits per heavy atom. The molecule has 80 valence electrons. The lowest BCUT2D eigenvalue weighted by molar-refractivity contribution is -0.114. The maximum absolute atomic E-state index is 10.8. The van der Waals surface area contributed by atoms with E-state index in [1.54, 1.807) is 12.1 Å². The van der Waals surface area contributed by atoms with E-state index in [1.165, 1.54) is 14.0 Å². The second kappa shape index (κ2) is 4.59. The van der Waals surface area contributed by atoms with Crippen molar-refractivity contribution in [2.45, 2.75) is 13.8 Å². The second-order valence-corrected chi connectivity index (χ2v) is 3.21. The summed E-state index contributed by atoms with van der Waals surface area (Å²) < 4.78 is 5.08. The first-order valence-electron chi connectivity index (χ1n) is 4.50. The van der Waals surface area contributed by atoms with Crippen molar-refractivity contribution in [2.24, 2.45) is 0 Å². The van der Waals surface area contributed by atoms with Crippen molar-refractivity contribution in [1.29, 1.82) is 0 Å². The van der Waals surface area contributed by atoms with E-state index >= 15 is 0 Å². The SMILES string of the molecule is COc1c(C)cc(NC(C)=O)cc1C=O. The van der Waals surface area contributed by atoms with Crippen molar-refractivity contribution >= 4 is 17.9 Å². The zero-order valence-corrected chi connectivity index (χ0v) is 8.96. The van der Waals surface area contributed by atoms with Gasteiger partial charge in [0.15, 0.2) is 6.29 Å². The van der Waals surface area contributed by atoms with Gasteiger partial charge in [-0.3, -0.25) is 9.59 Å². The number of nitrogens with one attached hydrogen (secondary N) is 1. The molecule has 0 aliphatic heterocycles. The van der Waals surface area contributed by atoms with Crippen molar-refractivity contribution in [1.82, 2.24) is 0 Å². The quantitative estimate of drug-likeness (QED) is 0.768. The minimum Gasteiger partial charge on any atom is -0.496 e. The molecule has 0 unspecified atom stereocenters. The highest BCUT2D eigenvalue weighted by Crippen LogP contribution is 2.26. The van der Waals surface area contributed by atoms with Gasteiger partial charge in [-0.05, 0) is 24.6 Å². The van der Waals surface area contributed by atoms with E-state index in [9.17, 15) is 9.59 Å². The van der Waals surface area contributed by atoms with Crippen LogP contribution in [-0.2, 0) is 4.79 Å². The molecule has 0 saturated heterocycles. The van der Waals surface area contributed by atoms with Crippen LogP contribution in [0.2, 0.25) is 0 Å². The van der Waals surface area contributed by atoms with Gasteiger partial charge >= 0.3 is 0 Å². The van der Waals surface area contributed by atoms with Crippen molar-refractivity contribution in [3.8, 4) is 5.75 Å². The Morgan fingerprint density at radius 3 is 2.60 bits per heavy atom. The molecule has 0 aromatic heterocycles. The third kappa shape index (κ3) is 2.56. The van der Waals surface area contributed by atoms with Gasteiger partial charge in [0, 0.05) is 12.6 Å². The van der Waals surface area contributed by atoms with Gasteiger partial charge in [0.25, 0.3) is 0 Å². The summed E-state index contributed by atoms with van der Waals surface area (Å²) in [6.07, 6.45) is 0.706. The third-order valence-electron chi connectivity index (χ3n) is 1.95. The Bertz CT molecular complexity index is 399. The van der Waals surface area contributed by atoms with Crippen LogP contribution in [0.5, 0.6) is 5.75 Å². The molecule has 0 saturated carbocycles. The number of carbonyl (C=O) groups excluding carboxylic acids is 2. The van der Waals surface area contributed by atoms with Crippen LogP contribution in [-0.4, -0.2) is 19.3 Å². The Kier molecular flexibility index (Phi) is 3.44. The Labute approximate surface area is 88.2 Å². The van der Waals surface area contributed by atoms with Crippen LogP contribution < -0.4 is 10.1 Å². The largest absolute Gasteiger partial charge is 0.496 e. The van der Waals surface area contributed by atoms with Gasteiger partial charge in [0.2, 0.25) is 5.91 Å². The summed E-state index contributed by atoms with van der Waals surface area (Å²) in [5.41, 5.74) is 1.84. The Hall–Kier alpha value is -1.84. The van der Waals surface area contributed by atoms with E-state index in [4.69, 9.17) is 4.74 Å². The van der Waals surface area contributed by atoms with Crippen molar-refractivity contribution in [3.05, 3.63) is 23.3 Å². The predicted octanol–water partition coefficient (Wildman–Crippen LogP) is 1.77. The number of aryl methyl sites for hydroxylation is 1. The fourth-order valence-electron chi connectivity index (χ4n) is 1.44. The van der Waals surface area contributed by atoms with Crippen LogP contribution in [0.25, 0.3) is 0 Å². The van der Waals surface area contributed by atoms with E-state index in [0.717, 1.165) is 5.56 Å². The monoisotopic (exact) mass is 207 g/mol. The molecule has 0 heterocycles. The molecule has 0 atom stereocenters. The molecular formula is C11H13NO3. The van der Waals surface area contributed by atoms with Gasteiger partial charge in [0.05, 0.1) is 12.7 Å². The third-order valence-corrected chi connectivity index (χ3v) is 1.95. The van der Waals surface area contributed by atoms with Crippen LogP contribution >= 0.6 is 0 Å². The molecule has 0 radical (unpaired) electrons. The van der Waals surface area contributed by atoms with Gasteiger partial charge in [-0.25, -0.2) is 0 Å². The summed E-state index contributed by atoms with van der Waals surface area (Å²) in [6.45, 7) is 3.23. The van der Waals surface area contributed by atoms with E-state index in [-0.39, 0.29) is 5.91 Å². The molecule has 15 heavy (non-hydrogen) atoms. The molecule has 0 spiro atoms. The molecule has 1 aromatic carbocycles. The number of hydrogen-bond donors (Lipinski definition) is 1. The number of benzene rings is 1. The number of carbonyl (C=O) groups is 2. The van der Waals surface area contributed by atoms with Crippen LogP contribution in [0.15, 0.2) is 12.1 Å². The Morgan fingerprint density at radius 1 is 1.47 bits per heavy atom. The van der Waals surface area contributed by atoms with Gasteiger partial charge in [-0.2, -0.15) is 0 Å². The molecule has 1 aromatic rings. The minimum absolute atomic E-state index is 0.170. The van der Waals surface area contributed by atoms with Crippen LogP contribution in [0.4, 0.5) is 5.69 Å². The fraction of sp³-hybridized carbons (Fsp3) is 0.273. The van der Waals surface area contributed by atoms with E-state index in [0.29, 0.717) is 23.3 Å². The van der Waals surface area contributed by atoms with Crippen LogP contribution in [0.1, 0.15) is 22.8 Å². The number of ether oxygens (including phenoxy) is 1. The van der Waals surface area contributed by atoms with Gasteiger partial charge in [0.1, 0.15) is 5.75 Å². The first kappa shape index (κ1) is 11.2. The van der Waals surface area contributed by atoms with E-state index in [2.05, 4.69) is 5.32 Å². The maximum Gasteiger partial charge on any atom is 0.221 e. The summed E-state index contributed by atoms with van der Waals surface area (Å²) in [5.74, 6) is 0.371. The highest BCUT2D eigenvalue weighted by molar-refractivity contribution is 5.91. The van der Waals surface area contributed by atoms with Crippen LogP contribution in [0, 0.1) is 6.92 Å². The molecule has 0 aliphatic carbocycles. The molecule has 0 aliphatic rings. The summed E-state index contributed by atoms with van der Waals surface area (Å²) in [7, 11) is 1.51. The number of methoxy groups -OCH3 is 1. The van der Waals surface area contributed by atoms with Crippen LogP contribution in [0.3, 0.4) is 0 Å². The maximum atomic E-state index is 10.8. The number of hydrogen-bond acceptors (Lipinski definition) is 3. The number of rotatable bonds is 3. The summed E-state index contributed by atoms with van der Waals surface area (Å²) in [4.78, 5) is 21.6. The lowest BCUT2D eigenvalue weighted by Crippen LogP contribution is -2.07. The molecule has 4 nitrogen and oxygen atoms in total. The average molecular weight is 207 g/mol. The second-order valence-electron chi connectivity index (χ2n) is 3.21. The molecular weight excluding hydrogens is 194 g/mol. The summed E-state index contributed by atoms with van der Waals surface area (Å²) in [6, 6.07) is 3.34. The first-order chi connectivity index (χ1) is 7.08. The van der Waals surface area contributed by atoms with Gasteiger partial charge < -0.3 is 10.1 Å². The van der Waals surface area contributed by atoms with E-state index in [1.807, 2.05) is 6.92 Å². The fourth-order valence-corrected chi connectivity index (χ4v) is 1.44. The standard InChI is InChI=1S/C11H13NO3/c1-7-4-10(12-8(2)14)5-9(6-13)11(7)15-3/h4-6H,1-3H3,(H,12,14). The van der Waals surface area contributed by atoms with Crippen molar-refractivity contribution in [2.75, 3.05) is 12.4 Å². The molecule has 1 amide bonds. The van der Waals surface area contributed by atoms with Crippen molar-refractivity contribution in [3.63, 3.8) is 0 Å². The highest BCUT2D eigenvalue weighted by Gasteiger charge is 2.08. The Balaban J connectivity index is 3.19. The predicted molar refractivity (Wildman–Crippen MR) is 57.4 cm³/mol. The molecule has 1 rings (SSSR count). The highest BCUT2D eigenvalue weighted by atomic mass is 16.5. The average Bonchev–Trinajstić information content (AvgIpc) is 2.15. The van der Waals surface area contributed by atoms with Crippen molar-refractivity contribution < 1.29 is 14.3 Å². The normalized spacial score (nSPS) is 9.53. The zero-order chi connectivity index (χ0) is 11.4. The zero-order valence-electron chi connectivity index (χ0n) is 8.96. The lowest BCUT2D eigenvalue weighted by Gasteiger charge is -2.10. The topological polar surface area (TPSA) is 55.4 Å².